The number of rotatable bonds is 9. The molecule has 0 unspecified atom stereocenters. The fraction of sp³-hybridized carbons (Fsp3) is 0.481. The van der Waals surface area contributed by atoms with E-state index in [0.29, 0.717) is 40.1 Å². The van der Waals surface area contributed by atoms with Crippen LogP contribution in [-0.2, 0) is 11.3 Å². The average Bonchev–Trinajstić information content (AvgIpc) is 3.61. The van der Waals surface area contributed by atoms with Gasteiger partial charge in [0.05, 0.1) is 5.54 Å². The van der Waals surface area contributed by atoms with E-state index in [-0.39, 0.29) is 22.9 Å². The number of nitrogens with one attached hydrogen (secondary N) is 2. The standard InChI is InChI=1S/C27H34N6O3S/c1-4-33-25(35)22(37-26(33)21(16-28)24-31-27(2,3)18-36-24)17-30-20-10-7-9-19(15-20)23(34)29-11-8-14-32-12-5-6-13-32/h7,9-10,15,17,30H,4-6,8,11-14,18H2,1-3H3,(H,29,34)/b22-17+,26-21-. The quantitative estimate of drug-likeness (QED) is 0.487. The molecular weight excluding hydrogens is 488 g/mol. The normalized spacial score (nSPS) is 18.2. The van der Waals surface area contributed by atoms with E-state index in [1.165, 1.54) is 24.2 Å². The number of aromatic nitrogens is 1. The maximum absolute atomic E-state index is 13.1. The summed E-state index contributed by atoms with van der Waals surface area (Å²) < 4.78 is 8.18. The van der Waals surface area contributed by atoms with Gasteiger partial charge in [-0.15, -0.1) is 11.3 Å². The van der Waals surface area contributed by atoms with Crippen molar-refractivity contribution in [1.29, 1.82) is 5.26 Å². The SMILES string of the molecule is CCn1c(=O)/c(=C\Nc2cccc(C(=O)NCCCN3CCCC3)c2)s/c1=C(/C#N)C1=NC(C)(C)CO1. The Hall–Kier alpha value is -3.42. The molecule has 1 fully saturated rings. The molecule has 2 aromatic rings. The van der Waals surface area contributed by atoms with Gasteiger partial charge in [0, 0.05) is 30.5 Å². The fourth-order valence-corrected chi connectivity index (χ4v) is 5.49. The molecule has 3 heterocycles. The van der Waals surface area contributed by atoms with Crippen molar-refractivity contribution >= 4 is 40.6 Å². The lowest BCUT2D eigenvalue weighted by Gasteiger charge is -2.14. The zero-order valence-corrected chi connectivity index (χ0v) is 22.5. The predicted molar refractivity (Wildman–Crippen MR) is 147 cm³/mol. The molecule has 1 saturated heterocycles. The lowest BCUT2D eigenvalue weighted by atomic mass is 10.1. The molecule has 196 valence electrons. The smallest absolute Gasteiger partial charge is 0.270 e. The van der Waals surface area contributed by atoms with Gasteiger partial charge >= 0.3 is 0 Å². The number of nitriles is 1. The van der Waals surface area contributed by atoms with E-state index in [4.69, 9.17) is 4.74 Å². The molecule has 2 aliphatic rings. The molecule has 10 heteroatoms. The third-order valence-corrected chi connectivity index (χ3v) is 7.49. The summed E-state index contributed by atoms with van der Waals surface area (Å²) in [5.74, 6) is 0.153. The highest BCUT2D eigenvalue weighted by molar-refractivity contribution is 7.07. The number of likely N-dealkylation sites (tertiary alicyclic amines) is 1. The fourth-order valence-electron chi connectivity index (χ4n) is 4.40. The second-order valence-corrected chi connectivity index (χ2v) is 10.9. The van der Waals surface area contributed by atoms with E-state index in [1.54, 1.807) is 29.0 Å². The van der Waals surface area contributed by atoms with Crippen molar-refractivity contribution in [2.75, 3.05) is 38.1 Å². The number of anilines is 1. The van der Waals surface area contributed by atoms with Crippen molar-refractivity contribution in [2.24, 2.45) is 4.99 Å². The van der Waals surface area contributed by atoms with Gasteiger partial charge in [-0.2, -0.15) is 5.26 Å². The van der Waals surface area contributed by atoms with Crippen LogP contribution in [0.25, 0.3) is 11.8 Å². The minimum absolute atomic E-state index is 0.120. The van der Waals surface area contributed by atoms with Crippen LogP contribution < -0.4 is 25.4 Å². The lowest BCUT2D eigenvalue weighted by molar-refractivity contribution is 0.0952. The summed E-state index contributed by atoms with van der Waals surface area (Å²) in [6.07, 6.45) is 5.08. The second-order valence-electron chi connectivity index (χ2n) is 9.85. The molecule has 0 bridgehead atoms. The van der Waals surface area contributed by atoms with Crippen LogP contribution in [0.3, 0.4) is 0 Å². The average molecular weight is 523 g/mol. The molecule has 0 radical (unpaired) electrons. The van der Waals surface area contributed by atoms with Crippen molar-refractivity contribution in [3.05, 3.63) is 49.4 Å². The summed E-state index contributed by atoms with van der Waals surface area (Å²) >= 11 is 1.21. The van der Waals surface area contributed by atoms with Gasteiger partial charge in [0.15, 0.2) is 0 Å². The second kappa shape index (κ2) is 11.8. The van der Waals surface area contributed by atoms with E-state index in [1.807, 2.05) is 26.8 Å². The van der Waals surface area contributed by atoms with Crippen LogP contribution in [0.1, 0.15) is 50.4 Å². The van der Waals surface area contributed by atoms with Crippen LogP contribution >= 0.6 is 11.3 Å². The molecule has 0 atom stereocenters. The van der Waals surface area contributed by atoms with E-state index in [0.717, 1.165) is 26.1 Å². The van der Waals surface area contributed by atoms with E-state index < -0.39 is 5.54 Å². The number of benzene rings is 1. The highest BCUT2D eigenvalue weighted by atomic mass is 32.1. The molecule has 1 amide bonds. The zero-order chi connectivity index (χ0) is 26.4. The third kappa shape index (κ3) is 6.48. The van der Waals surface area contributed by atoms with Crippen molar-refractivity contribution in [3.8, 4) is 6.07 Å². The number of hydrogen-bond donors (Lipinski definition) is 2. The largest absolute Gasteiger partial charge is 0.474 e. The van der Waals surface area contributed by atoms with Gasteiger partial charge in [-0.1, -0.05) is 6.07 Å². The molecule has 1 aromatic carbocycles. The first-order chi connectivity index (χ1) is 17.8. The number of amides is 1. The summed E-state index contributed by atoms with van der Waals surface area (Å²) in [4.78, 5) is 32.6. The lowest BCUT2D eigenvalue weighted by Crippen LogP contribution is -2.32. The number of nitrogens with zero attached hydrogens (tertiary/aromatic N) is 4. The molecule has 2 N–H and O–H groups in total. The van der Waals surface area contributed by atoms with Crippen molar-refractivity contribution in [3.63, 3.8) is 0 Å². The van der Waals surface area contributed by atoms with Crippen LogP contribution in [-0.4, -0.2) is 59.6 Å². The maximum Gasteiger partial charge on any atom is 0.270 e. The Kier molecular flexibility index (Phi) is 8.46. The molecule has 2 aliphatic heterocycles. The summed E-state index contributed by atoms with van der Waals surface area (Å²) in [5.41, 5.74) is 0.895. The molecule has 0 aliphatic carbocycles. The Labute approximate surface area is 220 Å². The number of hydrogen-bond acceptors (Lipinski definition) is 8. The van der Waals surface area contributed by atoms with Crippen LogP contribution in [0.15, 0.2) is 34.1 Å². The Morgan fingerprint density at radius 2 is 2.11 bits per heavy atom. The highest BCUT2D eigenvalue weighted by Gasteiger charge is 2.29. The van der Waals surface area contributed by atoms with Gasteiger partial charge < -0.3 is 20.3 Å². The number of aliphatic imine (C=N–C) groups is 1. The van der Waals surface area contributed by atoms with E-state index in [2.05, 4.69) is 26.6 Å². The minimum atomic E-state index is -0.409. The van der Waals surface area contributed by atoms with E-state index in [9.17, 15) is 14.9 Å². The van der Waals surface area contributed by atoms with Crippen molar-refractivity contribution in [2.45, 2.75) is 52.1 Å². The van der Waals surface area contributed by atoms with Gasteiger partial charge in [0.1, 0.15) is 27.4 Å². The highest BCUT2D eigenvalue weighted by Crippen LogP contribution is 2.20. The van der Waals surface area contributed by atoms with Gasteiger partial charge in [0.2, 0.25) is 5.90 Å². The van der Waals surface area contributed by atoms with E-state index >= 15 is 0 Å². The Morgan fingerprint density at radius 3 is 2.78 bits per heavy atom. The van der Waals surface area contributed by atoms with Gasteiger partial charge in [-0.25, -0.2) is 4.99 Å². The Bertz CT molecular complexity index is 1390. The van der Waals surface area contributed by atoms with Crippen LogP contribution in [0, 0.1) is 11.3 Å². The first-order valence-corrected chi connectivity index (χ1v) is 13.6. The van der Waals surface area contributed by atoms with Gasteiger partial charge in [-0.3, -0.25) is 14.2 Å². The first kappa shape index (κ1) is 26.6. The molecule has 0 saturated carbocycles. The minimum Gasteiger partial charge on any atom is -0.474 e. The number of carbonyl (C=O) groups is 1. The van der Waals surface area contributed by atoms with Gasteiger partial charge in [0.25, 0.3) is 11.5 Å². The topological polar surface area (TPSA) is 112 Å². The van der Waals surface area contributed by atoms with Gasteiger partial charge in [-0.05, 0) is 77.9 Å². The Morgan fingerprint density at radius 1 is 1.32 bits per heavy atom. The number of carbonyl (C=O) groups excluding carboxylic acids is 1. The number of thiazole rings is 1. The molecule has 0 spiro atoms. The zero-order valence-electron chi connectivity index (χ0n) is 21.7. The van der Waals surface area contributed by atoms with Crippen LogP contribution in [0.4, 0.5) is 5.69 Å². The third-order valence-electron chi connectivity index (χ3n) is 6.36. The first-order valence-electron chi connectivity index (χ1n) is 12.8. The monoisotopic (exact) mass is 522 g/mol. The Balaban J connectivity index is 1.50. The maximum atomic E-state index is 13.1. The van der Waals surface area contributed by atoms with Crippen LogP contribution in [0.2, 0.25) is 0 Å². The molecule has 4 rings (SSSR count). The molecule has 1 aromatic heterocycles. The molecular formula is C27H34N6O3S. The molecule has 9 nitrogen and oxygen atoms in total. The summed E-state index contributed by atoms with van der Waals surface area (Å²) in [6, 6.07) is 9.34. The predicted octanol–water partition coefficient (Wildman–Crippen LogP) is 1.88. The summed E-state index contributed by atoms with van der Waals surface area (Å²) in [6.45, 7) is 10.5. The van der Waals surface area contributed by atoms with Crippen molar-refractivity contribution in [1.82, 2.24) is 14.8 Å². The summed E-state index contributed by atoms with van der Waals surface area (Å²) in [7, 11) is 0. The molecule has 37 heavy (non-hydrogen) atoms. The number of ether oxygens (including phenoxy) is 1. The summed E-state index contributed by atoms with van der Waals surface area (Å²) in [5, 5.41) is 16.0. The van der Waals surface area contributed by atoms with Crippen molar-refractivity contribution < 1.29 is 9.53 Å². The van der Waals surface area contributed by atoms with Crippen LogP contribution in [0.5, 0.6) is 0 Å².